The molecule has 1 aliphatic rings. The lowest BCUT2D eigenvalue weighted by Crippen LogP contribution is -2.29. The van der Waals surface area contributed by atoms with Crippen molar-refractivity contribution in [3.05, 3.63) is 58.8 Å². The van der Waals surface area contributed by atoms with Crippen molar-refractivity contribution in [2.24, 2.45) is 15.8 Å². The summed E-state index contributed by atoms with van der Waals surface area (Å²) in [5.41, 5.74) is 8.78. The van der Waals surface area contributed by atoms with E-state index in [0.29, 0.717) is 29.6 Å². The van der Waals surface area contributed by atoms with Gasteiger partial charge in [0.05, 0.1) is 30.5 Å². The predicted octanol–water partition coefficient (Wildman–Crippen LogP) is 3.68. The van der Waals surface area contributed by atoms with Crippen molar-refractivity contribution in [3.8, 4) is 11.4 Å². The highest BCUT2D eigenvalue weighted by Gasteiger charge is 2.23. The van der Waals surface area contributed by atoms with E-state index in [9.17, 15) is 4.79 Å². The van der Waals surface area contributed by atoms with Gasteiger partial charge in [0.15, 0.2) is 5.82 Å². The highest BCUT2D eigenvalue weighted by atomic mass is 32.2. The number of aliphatic imine (C=N–C) groups is 1. The first-order valence-electron chi connectivity index (χ1n) is 8.72. The Morgan fingerprint density at radius 2 is 2.10 bits per heavy atom. The second-order valence-electron chi connectivity index (χ2n) is 6.21. The lowest BCUT2D eigenvalue weighted by Gasteiger charge is -2.22. The van der Waals surface area contributed by atoms with E-state index < -0.39 is 0 Å². The summed E-state index contributed by atoms with van der Waals surface area (Å²) in [5.74, 6) is 1.56. The molecule has 1 amide bonds. The maximum Gasteiger partial charge on any atom is 0.302 e. The van der Waals surface area contributed by atoms with Crippen LogP contribution in [0.5, 0.6) is 0 Å². The summed E-state index contributed by atoms with van der Waals surface area (Å²) in [4.78, 5) is 29.4. The largest absolute Gasteiger partial charge is 0.387 e. The zero-order chi connectivity index (χ0) is 20.2. The Kier molecular flexibility index (Phi) is 5.63. The molecular formula is C19H17N7OS2. The topological polar surface area (TPSA) is 110 Å². The van der Waals surface area contributed by atoms with E-state index in [-0.39, 0.29) is 5.24 Å². The second kappa shape index (κ2) is 8.50. The van der Waals surface area contributed by atoms with Crippen molar-refractivity contribution >= 4 is 45.6 Å². The van der Waals surface area contributed by atoms with E-state index in [2.05, 4.69) is 25.0 Å². The number of rotatable bonds is 5. The number of hydrazone groups is 1. The molecule has 0 atom stereocenters. The number of hydrogen-bond acceptors (Lipinski definition) is 8. The van der Waals surface area contributed by atoms with Crippen LogP contribution in [0.4, 0.5) is 10.5 Å². The highest BCUT2D eigenvalue weighted by molar-refractivity contribution is 8.14. The molecule has 0 fully saturated rings. The Bertz CT molecular complexity index is 1070. The fraction of sp³-hybridized carbons (Fsp3) is 0.158. The third-order valence-electron chi connectivity index (χ3n) is 3.92. The van der Waals surface area contributed by atoms with Crippen molar-refractivity contribution in [3.63, 3.8) is 0 Å². The third kappa shape index (κ3) is 4.66. The SMILES string of the molecule is CC(N)=Nc1cnc(-c2cccc(CN3N=C(c4nccs4)CSC3=O)c2)nc1. The molecule has 0 bridgehead atoms. The van der Waals surface area contributed by atoms with Gasteiger partial charge in [0.25, 0.3) is 0 Å². The number of amides is 1. The van der Waals surface area contributed by atoms with Crippen LogP contribution in [0.1, 0.15) is 17.5 Å². The first kappa shape index (κ1) is 19.2. The van der Waals surface area contributed by atoms with Crippen molar-refractivity contribution in [1.29, 1.82) is 0 Å². The normalized spacial score (nSPS) is 14.8. The van der Waals surface area contributed by atoms with E-state index in [4.69, 9.17) is 5.73 Å². The molecule has 10 heteroatoms. The molecule has 4 rings (SSSR count). The smallest absolute Gasteiger partial charge is 0.302 e. The molecule has 2 aromatic heterocycles. The van der Waals surface area contributed by atoms with Crippen LogP contribution in [0, 0.1) is 0 Å². The number of thiazole rings is 1. The summed E-state index contributed by atoms with van der Waals surface area (Å²) < 4.78 is 0. The first-order chi connectivity index (χ1) is 14.1. The minimum absolute atomic E-state index is 0.0775. The van der Waals surface area contributed by atoms with Gasteiger partial charge in [-0.25, -0.2) is 25.0 Å². The molecule has 29 heavy (non-hydrogen) atoms. The fourth-order valence-corrected chi connectivity index (χ4v) is 4.13. The molecule has 1 aliphatic heterocycles. The van der Waals surface area contributed by atoms with Crippen LogP contribution in [-0.4, -0.2) is 42.5 Å². The summed E-state index contributed by atoms with van der Waals surface area (Å²) in [5, 5.41) is 8.65. The molecule has 0 aliphatic carbocycles. The van der Waals surface area contributed by atoms with Crippen LogP contribution in [0.25, 0.3) is 11.4 Å². The lowest BCUT2D eigenvalue weighted by atomic mass is 10.1. The Morgan fingerprint density at radius 3 is 2.83 bits per heavy atom. The van der Waals surface area contributed by atoms with Gasteiger partial charge in [-0.1, -0.05) is 30.0 Å². The molecule has 0 spiro atoms. The Labute approximate surface area is 175 Å². The number of carbonyl (C=O) groups is 1. The zero-order valence-corrected chi connectivity index (χ0v) is 17.2. The van der Waals surface area contributed by atoms with Gasteiger partial charge in [-0.3, -0.25) is 4.79 Å². The van der Waals surface area contributed by atoms with Gasteiger partial charge in [-0.15, -0.1) is 11.3 Å². The van der Waals surface area contributed by atoms with E-state index >= 15 is 0 Å². The Balaban J connectivity index is 1.55. The summed E-state index contributed by atoms with van der Waals surface area (Å²) in [6, 6.07) is 7.74. The number of hydrogen-bond donors (Lipinski definition) is 1. The number of aromatic nitrogens is 3. The molecule has 3 heterocycles. The molecule has 0 radical (unpaired) electrons. The average Bonchev–Trinajstić information content (AvgIpc) is 3.25. The maximum atomic E-state index is 12.3. The van der Waals surface area contributed by atoms with E-state index in [1.165, 1.54) is 28.1 Å². The molecule has 146 valence electrons. The van der Waals surface area contributed by atoms with Gasteiger partial charge >= 0.3 is 5.24 Å². The van der Waals surface area contributed by atoms with Gasteiger partial charge in [0, 0.05) is 17.1 Å². The average molecular weight is 424 g/mol. The molecular weight excluding hydrogens is 406 g/mol. The van der Waals surface area contributed by atoms with Crippen LogP contribution >= 0.6 is 23.1 Å². The maximum absolute atomic E-state index is 12.3. The van der Waals surface area contributed by atoms with Gasteiger partial charge < -0.3 is 5.73 Å². The Morgan fingerprint density at radius 1 is 1.28 bits per heavy atom. The van der Waals surface area contributed by atoms with Gasteiger partial charge in [0.2, 0.25) is 0 Å². The first-order valence-corrected chi connectivity index (χ1v) is 10.6. The van der Waals surface area contributed by atoms with Gasteiger partial charge in [-0.2, -0.15) is 5.10 Å². The third-order valence-corrected chi connectivity index (χ3v) is 5.62. The van der Waals surface area contributed by atoms with Gasteiger partial charge in [-0.05, 0) is 18.6 Å². The predicted molar refractivity (Wildman–Crippen MR) is 116 cm³/mol. The number of nitrogens with zero attached hydrogens (tertiary/aromatic N) is 6. The molecule has 2 N–H and O–H groups in total. The zero-order valence-electron chi connectivity index (χ0n) is 15.5. The molecule has 8 nitrogen and oxygen atoms in total. The van der Waals surface area contributed by atoms with Gasteiger partial charge in [0.1, 0.15) is 16.4 Å². The Hall–Kier alpha value is -3.11. The van der Waals surface area contributed by atoms with Crippen molar-refractivity contribution in [2.45, 2.75) is 13.5 Å². The van der Waals surface area contributed by atoms with Crippen LogP contribution in [0.15, 0.2) is 58.3 Å². The fourth-order valence-electron chi connectivity index (χ4n) is 2.70. The minimum atomic E-state index is -0.0775. The van der Waals surface area contributed by atoms with Crippen LogP contribution in [0.2, 0.25) is 0 Å². The minimum Gasteiger partial charge on any atom is -0.387 e. The molecule has 1 aromatic carbocycles. The summed E-state index contributed by atoms with van der Waals surface area (Å²) in [6.45, 7) is 2.07. The summed E-state index contributed by atoms with van der Waals surface area (Å²) in [7, 11) is 0. The quantitative estimate of drug-likeness (QED) is 0.495. The van der Waals surface area contributed by atoms with Crippen molar-refractivity contribution in [1.82, 2.24) is 20.0 Å². The summed E-state index contributed by atoms with van der Waals surface area (Å²) >= 11 is 2.75. The molecule has 0 unspecified atom stereocenters. The van der Waals surface area contributed by atoms with Crippen molar-refractivity contribution < 1.29 is 4.79 Å². The molecule has 0 saturated heterocycles. The van der Waals surface area contributed by atoms with E-state index in [1.807, 2.05) is 29.6 Å². The number of carbonyl (C=O) groups excluding carboxylic acids is 1. The summed E-state index contributed by atoms with van der Waals surface area (Å²) in [6.07, 6.45) is 4.99. The number of amidine groups is 1. The monoisotopic (exact) mass is 423 g/mol. The van der Waals surface area contributed by atoms with E-state index in [0.717, 1.165) is 21.8 Å². The number of benzene rings is 1. The second-order valence-corrected chi connectivity index (χ2v) is 8.04. The van der Waals surface area contributed by atoms with E-state index in [1.54, 1.807) is 25.5 Å². The highest BCUT2D eigenvalue weighted by Crippen LogP contribution is 2.24. The molecule has 0 saturated carbocycles. The standard InChI is InChI=1S/C19H17N7OS2/c1-12(20)24-15-8-22-17(23-9-15)14-4-2-3-13(7-14)10-26-19(27)29-11-16(25-26)18-21-5-6-28-18/h2-9H,10-11H2,1H3,(H2,20,24). The van der Waals surface area contributed by atoms with Crippen molar-refractivity contribution in [2.75, 3.05) is 5.75 Å². The van der Waals surface area contributed by atoms with Crippen LogP contribution < -0.4 is 5.73 Å². The lowest BCUT2D eigenvalue weighted by molar-refractivity contribution is 0.222. The van der Waals surface area contributed by atoms with Crippen LogP contribution in [0.3, 0.4) is 0 Å². The van der Waals surface area contributed by atoms with Crippen LogP contribution in [-0.2, 0) is 6.54 Å². The number of thioether (sulfide) groups is 1. The number of nitrogens with two attached hydrogens (primary N) is 1. The molecule has 3 aromatic rings.